The van der Waals surface area contributed by atoms with Crippen molar-refractivity contribution in [3.8, 4) is 5.69 Å². The topological polar surface area (TPSA) is 63.6 Å². The van der Waals surface area contributed by atoms with Crippen molar-refractivity contribution in [3.05, 3.63) is 52.2 Å². The van der Waals surface area contributed by atoms with Crippen molar-refractivity contribution in [2.45, 2.75) is 6.92 Å². The lowest BCUT2D eigenvalue weighted by Gasteiger charge is -2.02. The summed E-state index contributed by atoms with van der Waals surface area (Å²) in [6, 6.07) is 5.99. The average Bonchev–Trinajstić information content (AvgIpc) is 2.68. The molecule has 0 unspecified atom stereocenters. The molecule has 0 aliphatic heterocycles. The second kappa shape index (κ2) is 3.76. The minimum absolute atomic E-state index is 0.205. The fourth-order valence-electron chi connectivity index (χ4n) is 1.94. The van der Waals surface area contributed by atoms with E-state index in [0.717, 1.165) is 0 Å². The van der Waals surface area contributed by atoms with Crippen LogP contribution in [0.2, 0.25) is 0 Å². The average molecular weight is 244 g/mol. The van der Waals surface area contributed by atoms with E-state index in [1.165, 1.54) is 23.0 Å². The minimum Gasteiger partial charge on any atom is -0.287 e. The van der Waals surface area contributed by atoms with Crippen LogP contribution in [0.3, 0.4) is 0 Å². The van der Waals surface area contributed by atoms with E-state index in [9.17, 15) is 9.18 Å². The molecule has 18 heavy (non-hydrogen) atoms. The van der Waals surface area contributed by atoms with Gasteiger partial charge in [0.15, 0.2) is 5.65 Å². The molecule has 0 radical (unpaired) electrons. The van der Waals surface area contributed by atoms with Gasteiger partial charge in [-0.1, -0.05) is 6.07 Å². The van der Waals surface area contributed by atoms with Crippen LogP contribution in [-0.2, 0) is 0 Å². The van der Waals surface area contributed by atoms with Gasteiger partial charge in [-0.25, -0.2) is 9.07 Å². The molecule has 0 aliphatic carbocycles. The molecule has 0 bridgehead atoms. The molecule has 2 aromatic heterocycles. The molecule has 1 aromatic carbocycles. The summed E-state index contributed by atoms with van der Waals surface area (Å²) in [5, 5.41) is 11.2. The summed E-state index contributed by atoms with van der Waals surface area (Å²) in [5.74, 6) is -0.361. The summed E-state index contributed by atoms with van der Waals surface area (Å²) in [7, 11) is 0. The molecule has 0 spiro atoms. The molecule has 0 saturated heterocycles. The van der Waals surface area contributed by atoms with Crippen molar-refractivity contribution in [1.29, 1.82) is 0 Å². The second-order valence-corrected chi connectivity index (χ2v) is 3.93. The number of hydrogen-bond donors (Lipinski definition) is 1. The van der Waals surface area contributed by atoms with Crippen LogP contribution in [0, 0.1) is 12.7 Å². The number of H-pyrrole nitrogens is 1. The largest absolute Gasteiger partial charge is 0.287 e. The first-order valence-electron chi connectivity index (χ1n) is 5.36. The highest BCUT2D eigenvalue weighted by molar-refractivity contribution is 5.78. The zero-order chi connectivity index (χ0) is 12.7. The molecule has 0 fully saturated rings. The molecular weight excluding hydrogens is 235 g/mol. The maximum Gasteiger partial charge on any atom is 0.211 e. The molecule has 0 atom stereocenters. The molecule has 90 valence electrons. The first kappa shape index (κ1) is 10.6. The first-order chi connectivity index (χ1) is 8.66. The summed E-state index contributed by atoms with van der Waals surface area (Å²) in [6.45, 7) is 1.73. The number of fused-ring (bicyclic) bond motifs is 1. The van der Waals surface area contributed by atoms with Crippen LogP contribution < -0.4 is 5.43 Å². The van der Waals surface area contributed by atoms with Gasteiger partial charge in [-0.3, -0.25) is 9.89 Å². The number of nitrogens with zero attached hydrogens (tertiary/aromatic N) is 3. The van der Waals surface area contributed by atoms with Crippen LogP contribution in [0.5, 0.6) is 0 Å². The quantitative estimate of drug-likeness (QED) is 0.706. The Bertz CT molecular complexity index is 790. The van der Waals surface area contributed by atoms with Gasteiger partial charge in [0.1, 0.15) is 5.82 Å². The Labute approximate surface area is 101 Å². The lowest BCUT2D eigenvalue weighted by Crippen LogP contribution is -2.04. The van der Waals surface area contributed by atoms with Crippen LogP contribution in [-0.4, -0.2) is 20.0 Å². The Hall–Kier alpha value is -2.50. The number of nitrogens with one attached hydrogen (secondary N) is 1. The fraction of sp³-hybridized carbons (Fsp3) is 0.0833. The van der Waals surface area contributed by atoms with Crippen molar-refractivity contribution < 1.29 is 4.39 Å². The SMILES string of the molecule is Cc1nn(-c2cccc(F)c2)c2[nH]ncc(=O)c12. The fourth-order valence-corrected chi connectivity index (χ4v) is 1.94. The zero-order valence-corrected chi connectivity index (χ0v) is 9.51. The van der Waals surface area contributed by atoms with Crippen LogP contribution in [0.25, 0.3) is 16.7 Å². The lowest BCUT2D eigenvalue weighted by atomic mass is 10.3. The molecule has 3 aromatic rings. The van der Waals surface area contributed by atoms with Gasteiger partial charge >= 0.3 is 0 Å². The predicted molar refractivity (Wildman–Crippen MR) is 64.2 cm³/mol. The van der Waals surface area contributed by atoms with E-state index < -0.39 is 0 Å². The smallest absolute Gasteiger partial charge is 0.211 e. The zero-order valence-electron chi connectivity index (χ0n) is 9.51. The monoisotopic (exact) mass is 244 g/mol. The molecule has 2 heterocycles. The number of halogens is 1. The Morgan fingerprint density at radius 3 is 3.00 bits per heavy atom. The van der Waals surface area contributed by atoms with Gasteiger partial charge in [0.2, 0.25) is 5.43 Å². The second-order valence-electron chi connectivity index (χ2n) is 3.93. The molecule has 3 rings (SSSR count). The minimum atomic E-state index is -0.361. The third-order valence-corrected chi connectivity index (χ3v) is 2.71. The highest BCUT2D eigenvalue weighted by Crippen LogP contribution is 2.16. The molecule has 0 amide bonds. The normalized spacial score (nSPS) is 11.0. The number of aromatic nitrogens is 4. The Morgan fingerprint density at radius 2 is 2.22 bits per heavy atom. The van der Waals surface area contributed by atoms with Crippen molar-refractivity contribution in [1.82, 2.24) is 20.0 Å². The highest BCUT2D eigenvalue weighted by atomic mass is 19.1. The number of aryl methyl sites for hydroxylation is 1. The van der Waals surface area contributed by atoms with Gasteiger partial charge in [0, 0.05) is 0 Å². The number of rotatable bonds is 1. The summed E-state index contributed by atoms with van der Waals surface area (Å²) in [6.07, 6.45) is 1.20. The molecule has 1 N–H and O–H groups in total. The molecule has 0 aliphatic rings. The van der Waals surface area contributed by atoms with Gasteiger partial charge < -0.3 is 0 Å². The first-order valence-corrected chi connectivity index (χ1v) is 5.36. The van der Waals surface area contributed by atoms with Crippen molar-refractivity contribution in [2.24, 2.45) is 0 Å². The molecular formula is C12H9FN4O. The number of hydrogen-bond acceptors (Lipinski definition) is 3. The Kier molecular flexibility index (Phi) is 2.22. The molecule has 6 heteroatoms. The standard InChI is InChI=1S/C12H9FN4O/c1-7-11-10(18)6-14-15-12(11)17(16-7)9-4-2-3-8(13)5-9/h2-6H,1H3,(H,15,18). The van der Waals surface area contributed by atoms with E-state index in [2.05, 4.69) is 15.3 Å². The maximum atomic E-state index is 13.2. The number of aromatic amines is 1. The van der Waals surface area contributed by atoms with Crippen molar-refractivity contribution in [2.75, 3.05) is 0 Å². The van der Waals surface area contributed by atoms with Gasteiger partial charge in [0.05, 0.1) is 23.0 Å². The van der Waals surface area contributed by atoms with E-state index >= 15 is 0 Å². The van der Waals surface area contributed by atoms with Crippen LogP contribution in [0.15, 0.2) is 35.3 Å². The van der Waals surface area contributed by atoms with Gasteiger partial charge in [-0.05, 0) is 25.1 Å². The van der Waals surface area contributed by atoms with Crippen LogP contribution in [0.4, 0.5) is 4.39 Å². The lowest BCUT2D eigenvalue weighted by molar-refractivity contribution is 0.625. The summed E-state index contributed by atoms with van der Waals surface area (Å²) in [5.41, 5.74) is 1.38. The highest BCUT2D eigenvalue weighted by Gasteiger charge is 2.12. The molecule has 5 nitrogen and oxygen atoms in total. The Morgan fingerprint density at radius 1 is 1.39 bits per heavy atom. The third-order valence-electron chi connectivity index (χ3n) is 2.71. The van der Waals surface area contributed by atoms with Crippen molar-refractivity contribution in [3.63, 3.8) is 0 Å². The number of benzene rings is 1. The van der Waals surface area contributed by atoms with E-state index in [4.69, 9.17) is 0 Å². The third kappa shape index (κ3) is 1.50. The van der Waals surface area contributed by atoms with Crippen LogP contribution in [0.1, 0.15) is 5.69 Å². The van der Waals surface area contributed by atoms with Gasteiger partial charge in [0.25, 0.3) is 0 Å². The van der Waals surface area contributed by atoms with Crippen LogP contribution >= 0.6 is 0 Å². The summed E-state index contributed by atoms with van der Waals surface area (Å²) in [4.78, 5) is 11.7. The maximum absolute atomic E-state index is 13.2. The summed E-state index contributed by atoms with van der Waals surface area (Å²) >= 11 is 0. The van der Waals surface area contributed by atoms with E-state index in [-0.39, 0.29) is 11.2 Å². The Balaban J connectivity index is 2.38. The van der Waals surface area contributed by atoms with Gasteiger partial charge in [-0.2, -0.15) is 10.2 Å². The summed E-state index contributed by atoms with van der Waals surface area (Å²) < 4.78 is 14.7. The van der Waals surface area contributed by atoms with Crippen molar-refractivity contribution >= 4 is 11.0 Å². The van der Waals surface area contributed by atoms with E-state index in [0.29, 0.717) is 22.4 Å². The van der Waals surface area contributed by atoms with E-state index in [1.54, 1.807) is 19.1 Å². The van der Waals surface area contributed by atoms with Gasteiger partial charge in [-0.15, -0.1) is 0 Å². The van der Waals surface area contributed by atoms with E-state index in [1.807, 2.05) is 0 Å². The predicted octanol–water partition coefficient (Wildman–Crippen LogP) is 1.56. The molecule has 0 saturated carbocycles.